The van der Waals surface area contributed by atoms with E-state index in [1.54, 1.807) is 6.07 Å². The summed E-state index contributed by atoms with van der Waals surface area (Å²) < 4.78 is 37.8. The van der Waals surface area contributed by atoms with Crippen LogP contribution >= 0.6 is 11.8 Å². The fourth-order valence-electron chi connectivity index (χ4n) is 2.31. The van der Waals surface area contributed by atoms with Crippen molar-refractivity contribution in [3.63, 3.8) is 0 Å². The summed E-state index contributed by atoms with van der Waals surface area (Å²) in [5, 5.41) is 9.86. The van der Waals surface area contributed by atoms with Gasteiger partial charge >= 0.3 is 6.18 Å². The average Bonchev–Trinajstić information content (AvgIpc) is 2.40. The van der Waals surface area contributed by atoms with Gasteiger partial charge in [-0.2, -0.15) is 13.2 Å². The molecule has 1 heterocycles. The van der Waals surface area contributed by atoms with Crippen molar-refractivity contribution in [1.82, 2.24) is 4.90 Å². The SMILES string of the molecule is CC1(O)CCN(CCSc2cccc(C(F)(F)F)c2)CC1. The molecule has 1 aromatic carbocycles. The Balaban J connectivity index is 1.79. The lowest BCUT2D eigenvalue weighted by molar-refractivity contribution is -0.137. The van der Waals surface area contributed by atoms with Gasteiger partial charge in [-0.1, -0.05) is 6.07 Å². The Hall–Kier alpha value is -0.720. The van der Waals surface area contributed by atoms with Crippen molar-refractivity contribution in [2.75, 3.05) is 25.4 Å². The van der Waals surface area contributed by atoms with Crippen LogP contribution in [0.5, 0.6) is 0 Å². The molecule has 1 saturated heterocycles. The summed E-state index contributed by atoms with van der Waals surface area (Å²) in [6.07, 6.45) is -2.78. The van der Waals surface area contributed by atoms with Gasteiger partial charge in [0.25, 0.3) is 0 Å². The minimum Gasteiger partial charge on any atom is -0.390 e. The fourth-order valence-corrected chi connectivity index (χ4v) is 3.28. The Bertz CT molecular complexity index is 466. The molecule has 1 N–H and O–H groups in total. The molecule has 0 spiro atoms. The van der Waals surface area contributed by atoms with Crippen LogP contribution in [0.4, 0.5) is 13.2 Å². The van der Waals surface area contributed by atoms with Crippen LogP contribution < -0.4 is 0 Å². The van der Waals surface area contributed by atoms with Crippen LogP contribution in [0.15, 0.2) is 29.2 Å². The summed E-state index contributed by atoms with van der Waals surface area (Å²) in [5.74, 6) is 0.753. The monoisotopic (exact) mass is 319 g/mol. The molecule has 0 saturated carbocycles. The molecule has 1 aliphatic heterocycles. The Morgan fingerprint density at radius 3 is 2.57 bits per heavy atom. The topological polar surface area (TPSA) is 23.5 Å². The molecule has 2 nitrogen and oxygen atoms in total. The van der Waals surface area contributed by atoms with Gasteiger partial charge in [-0.05, 0) is 38.0 Å². The summed E-state index contributed by atoms with van der Waals surface area (Å²) in [4.78, 5) is 2.90. The first-order chi connectivity index (χ1) is 9.76. The highest BCUT2D eigenvalue weighted by Crippen LogP contribution is 2.32. The summed E-state index contributed by atoms with van der Waals surface area (Å²) in [7, 11) is 0. The normalized spacial score (nSPS) is 19.7. The molecular weight excluding hydrogens is 299 g/mol. The molecule has 0 radical (unpaired) electrons. The number of rotatable bonds is 4. The van der Waals surface area contributed by atoms with Crippen molar-refractivity contribution < 1.29 is 18.3 Å². The first-order valence-electron chi connectivity index (χ1n) is 7.01. The predicted octanol–water partition coefficient (Wildman–Crippen LogP) is 3.64. The molecule has 6 heteroatoms. The highest BCUT2D eigenvalue weighted by Gasteiger charge is 2.30. The second-order valence-electron chi connectivity index (χ2n) is 5.71. The van der Waals surface area contributed by atoms with Crippen LogP contribution in [-0.2, 0) is 6.18 Å². The first-order valence-corrected chi connectivity index (χ1v) is 8.00. The minimum absolute atomic E-state index is 0.565. The molecule has 21 heavy (non-hydrogen) atoms. The number of aliphatic hydroxyl groups is 1. The largest absolute Gasteiger partial charge is 0.416 e. The number of likely N-dealkylation sites (tertiary alicyclic amines) is 1. The smallest absolute Gasteiger partial charge is 0.390 e. The molecule has 118 valence electrons. The van der Waals surface area contributed by atoms with E-state index in [4.69, 9.17) is 0 Å². The molecule has 0 aromatic heterocycles. The molecule has 0 amide bonds. The zero-order valence-electron chi connectivity index (χ0n) is 12.0. The van der Waals surface area contributed by atoms with E-state index in [9.17, 15) is 18.3 Å². The van der Waals surface area contributed by atoms with E-state index in [0.717, 1.165) is 44.3 Å². The maximum absolute atomic E-state index is 12.6. The second kappa shape index (κ2) is 6.58. The quantitative estimate of drug-likeness (QED) is 0.857. The standard InChI is InChI=1S/C15H20F3NOS/c1-14(20)5-7-19(8-6-14)9-10-21-13-4-2-3-12(11-13)15(16,17)18/h2-4,11,20H,5-10H2,1H3. The van der Waals surface area contributed by atoms with Crippen molar-refractivity contribution in [2.45, 2.75) is 36.4 Å². The number of nitrogens with zero attached hydrogens (tertiary/aromatic N) is 1. The van der Waals surface area contributed by atoms with Gasteiger partial charge in [-0.3, -0.25) is 0 Å². The van der Waals surface area contributed by atoms with Gasteiger partial charge in [-0.15, -0.1) is 11.8 Å². The predicted molar refractivity (Wildman–Crippen MR) is 78.5 cm³/mol. The van der Waals surface area contributed by atoms with E-state index >= 15 is 0 Å². The van der Waals surface area contributed by atoms with E-state index in [-0.39, 0.29) is 0 Å². The van der Waals surface area contributed by atoms with Crippen LogP contribution in [-0.4, -0.2) is 41.0 Å². The van der Waals surface area contributed by atoms with E-state index in [2.05, 4.69) is 4.90 Å². The van der Waals surface area contributed by atoms with Crippen LogP contribution in [0.2, 0.25) is 0 Å². The van der Waals surface area contributed by atoms with Crippen LogP contribution in [0, 0.1) is 0 Å². The lowest BCUT2D eigenvalue weighted by atomic mass is 9.94. The number of piperidine rings is 1. The molecule has 2 rings (SSSR count). The van der Waals surface area contributed by atoms with Crippen molar-refractivity contribution in [1.29, 1.82) is 0 Å². The third-order valence-corrected chi connectivity index (χ3v) is 4.74. The van der Waals surface area contributed by atoms with Gasteiger partial charge in [0.05, 0.1) is 11.2 Å². The molecule has 0 unspecified atom stereocenters. The van der Waals surface area contributed by atoms with E-state index < -0.39 is 17.3 Å². The van der Waals surface area contributed by atoms with Crippen LogP contribution in [0.3, 0.4) is 0 Å². The van der Waals surface area contributed by atoms with Crippen LogP contribution in [0.1, 0.15) is 25.3 Å². The average molecular weight is 319 g/mol. The number of hydrogen-bond donors (Lipinski definition) is 1. The first kappa shape index (κ1) is 16.6. The molecule has 0 aliphatic carbocycles. The molecule has 0 bridgehead atoms. The molecule has 1 fully saturated rings. The fraction of sp³-hybridized carbons (Fsp3) is 0.600. The second-order valence-corrected chi connectivity index (χ2v) is 6.88. The highest BCUT2D eigenvalue weighted by atomic mass is 32.2. The van der Waals surface area contributed by atoms with Crippen LogP contribution in [0.25, 0.3) is 0 Å². The van der Waals surface area contributed by atoms with Gasteiger partial charge in [-0.25, -0.2) is 0 Å². The van der Waals surface area contributed by atoms with Gasteiger partial charge < -0.3 is 10.0 Å². The molecule has 1 aromatic rings. The van der Waals surface area contributed by atoms with Crippen molar-refractivity contribution in [3.8, 4) is 0 Å². The van der Waals surface area contributed by atoms with Crippen molar-refractivity contribution in [3.05, 3.63) is 29.8 Å². The highest BCUT2D eigenvalue weighted by molar-refractivity contribution is 7.99. The van der Waals surface area contributed by atoms with E-state index in [0.29, 0.717) is 4.90 Å². The molecular formula is C15H20F3NOS. The number of hydrogen-bond acceptors (Lipinski definition) is 3. The lowest BCUT2D eigenvalue weighted by Gasteiger charge is -2.35. The van der Waals surface area contributed by atoms with E-state index in [1.165, 1.54) is 23.9 Å². The Morgan fingerprint density at radius 2 is 1.95 bits per heavy atom. The molecule has 0 atom stereocenters. The van der Waals surface area contributed by atoms with Gasteiger partial charge in [0, 0.05) is 30.3 Å². The summed E-state index contributed by atoms with van der Waals surface area (Å²) in [6.45, 7) is 4.37. The third-order valence-electron chi connectivity index (χ3n) is 3.77. The minimum atomic E-state index is -4.28. The maximum Gasteiger partial charge on any atom is 0.416 e. The summed E-state index contributed by atoms with van der Waals surface area (Å²) in [6, 6.07) is 5.45. The zero-order valence-corrected chi connectivity index (χ0v) is 12.8. The number of benzene rings is 1. The summed E-state index contributed by atoms with van der Waals surface area (Å²) in [5.41, 5.74) is -1.16. The van der Waals surface area contributed by atoms with E-state index in [1.807, 2.05) is 6.92 Å². The zero-order chi connectivity index (χ0) is 15.5. The summed E-state index contributed by atoms with van der Waals surface area (Å²) >= 11 is 1.44. The number of alkyl halides is 3. The van der Waals surface area contributed by atoms with Gasteiger partial charge in [0.2, 0.25) is 0 Å². The maximum atomic E-state index is 12.6. The Morgan fingerprint density at radius 1 is 1.29 bits per heavy atom. The Kier molecular flexibility index (Phi) is 5.22. The number of thioether (sulfide) groups is 1. The van der Waals surface area contributed by atoms with Gasteiger partial charge in [0.1, 0.15) is 0 Å². The Labute approximate surface area is 127 Å². The lowest BCUT2D eigenvalue weighted by Crippen LogP contribution is -2.43. The number of halogens is 3. The van der Waals surface area contributed by atoms with Gasteiger partial charge in [0.15, 0.2) is 0 Å². The van der Waals surface area contributed by atoms with Crippen molar-refractivity contribution >= 4 is 11.8 Å². The third kappa shape index (κ3) is 5.20. The van der Waals surface area contributed by atoms with Crippen molar-refractivity contribution in [2.24, 2.45) is 0 Å². The molecule has 1 aliphatic rings.